The predicted octanol–water partition coefficient (Wildman–Crippen LogP) is 3.84. The molecule has 1 saturated heterocycles. The van der Waals surface area contributed by atoms with Crippen LogP contribution in [0.3, 0.4) is 0 Å². The van der Waals surface area contributed by atoms with Crippen LogP contribution >= 0.6 is 0 Å². The lowest BCUT2D eigenvalue weighted by molar-refractivity contribution is -0.296. The Morgan fingerprint density at radius 3 is 2.27 bits per heavy atom. The van der Waals surface area contributed by atoms with Gasteiger partial charge in [0.25, 0.3) is 0 Å². The molecule has 1 rings (SSSR count). The standard InChI is InChI=1S/C17H32NO4/c1-5-6-9-12-17(18(20)16(2,3)14-22-17)13-10-7-8-11-15(19)21-4/h5-14H2,1-4H3. The molecule has 5 heteroatoms. The highest BCUT2D eigenvalue weighted by Gasteiger charge is 2.51. The Kier molecular flexibility index (Phi) is 7.80. The van der Waals surface area contributed by atoms with Crippen molar-refractivity contribution >= 4 is 5.97 Å². The number of carbonyl (C=O) groups excluding carboxylic acids is 1. The lowest BCUT2D eigenvalue weighted by atomic mass is 9.95. The number of rotatable bonds is 10. The summed E-state index contributed by atoms with van der Waals surface area (Å²) in [7, 11) is 1.41. The average Bonchev–Trinajstić information content (AvgIpc) is 2.72. The molecule has 0 aromatic heterocycles. The highest BCUT2D eigenvalue weighted by molar-refractivity contribution is 5.68. The van der Waals surface area contributed by atoms with Gasteiger partial charge < -0.3 is 9.47 Å². The molecular weight excluding hydrogens is 282 g/mol. The molecule has 1 aliphatic rings. The van der Waals surface area contributed by atoms with Crippen LogP contribution in [-0.2, 0) is 19.5 Å². The van der Waals surface area contributed by atoms with Gasteiger partial charge >= 0.3 is 5.97 Å². The number of hydroxylamine groups is 2. The third-order valence-corrected chi connectivity index (χ3v) is 4.46. The number of unbranched alkanes of at least 4 members (excludes halogenated alkanes) is 4. The Hall–Kier alpha value is -0.650. The lowest BCUT2D eigenvalue weighted by Gasteiger charge is -2.35. The van der Waals surface area contributed by atoms with Crippen LogP contribution in [0.25, 0.3) is 0 Å². The number of hydrogen-bond donors (Lipinski definition) is 0. The van der Waals surface area contributed by atoms with Crippen LogP contribution in [0.2, 0.25) is 0 Å². The molecule has 0 aromatic rings. The summed E-state index contributed by atoms with van der Waals surface area (Å²) >= 11 is 0. The van der Waals surface area contributed by atoms with Gasteiger partial charge in [-0.3, -0.25) is 4.79 Å². The van der Waals surface area contributed by atoms with Gasteiger partial charge in [0.15, 0.2) is 0 Å². The van der Waals surface area contributed by atoms with E-state index in [1.807, 2.05) is 13.8 Å². The smallest absolute Gasteiger partial charge is 0.305 e. The third kappa shape index (κ3) is 5.21. The summed E-state index contributed by atoms with van der Waals surface area (Å²) in [6, 6.07) is 0. The van der Waals surface area contributed by atoms with Gasteiger partial charge in [0.2, 0.25) is 0 Å². The van der Waals surface area contributed by atoms with E-state index in [0.717, 1.165) is 51.4 Å². The molecule has 1 aliphatic heterocycles. The van der Waals surface area contributed by atoms with Crippen LogP contribution in [0.1, 0.15) is 78.6 Å². The summed E-state index contributed by atoms with van der Waals surface area (Å²) in [6.45, 7) is 6.54. The maximum absolute atomic E-state index is 12.7. The second-order valence-electron chi connectivity index (χ2n) is 6.94. The van der Waals surface area contributed by atoms with E-state index in [2.05, 4.69) is 11.7 Å². The number of hydrogen-bond acceptors (Lipinski definition) is 4. The van der Waals surface area contributed by atoms with Crippen LogP contribution in [0.5, 0.6) is 0 Å². The van der Waals surface area contributed by atoms with Crippen molar-refractivity contribution in [2.24, 2.45) is 0 Å². The van der Waals surface area contributed by atoms with Gasteiger partial charge in [-0.2, -0.15) is 0 Å². The van der Waals surface area contributed by atoms with E-state index in [-0.39, 0.29) is 5.97 Å². The third-order valence-electron chi connectivity index (χ3n) is 4.46. The molecule has 0 spiro atoms. The van der Waals surface area contributed by atoms with Crippen LogP contribution in [-0.4, -0.2) is 36.0 Å². The fourth-order valence-corrected chi connectivity index (χ4v) is 3.05. The molecule has 1 atom stereocenters. The van der Waals surface area contributed by atoms with Crippen LogP contribution in [0, 0.1) is 0 Å². The van der Waals surface area contributed by atoms with Crippen molar-refractivity contribution < 1.29 is 19.5 Å². The Bertz CT molecular complexity index is 346. The second kappa shape index (κ2) is 8.85. The average molecular weight is 314 g/mol. The zero-order chi connectivity index (χ0) is 16.6. The fraction of sp³-hybridized carbons (Fsp3) is 0.941. The van der Waals surface area contributed by atoms with Crippen molar-refractivity contribution in [3.05, 3.63) is 0 Å². The zero-order valence-electron chi connectivity index (χ0n) is 14.7. The van der Waals surface area contributed by atoms with Gasteiger partial charge in [-0.25, -0.2) is 0 Å². The summed E-state index contributed by atoms with van der Waals surface area (Å²) in [5.41, 5.74) is -1.11. The van der Waals surface area contributed by atoms with Gasteiger partial charge in [0, 0.05) is 6.42 Å². The summed E-state index contributed by atoms with van der Waals surface area (Å²) in [5.74, 6) is -0.165. The summed E-state index contributed by atoms with van der Waals surface area (Å²) in [6.07, 6.45) is 7.90. The van der Waals surface area contributed by atoms with Gasteiger partial charge in [0.05, 0.1) is 19.3 Å². The van der Waals surface area contributed by atoms with Crippen molar-refractivity contribution in [2.75, 3.05) is 13.7 Å². The molecule has 0 N–H and O–H groups in total. The van der Waals surface area contributed by atoms with Crippen molar-refractivity contribution in [3.8, 4) is 0 Å². The van der Waals surface area contributed by atoms with E-state index in [1.54, 1.807) is 0 Å². The monoisotopic (exact) mass is 314 g/mol. The molecule has 1 heterocycles. The van der Waals surface area contributed by atoms with E-state index >= 15 is 0 Å². The molecular formula is C17H32NO4. The Morgan fingerprint density at radius 2 is 1.77 bits per heavy atom. The first-order valence-electron chi connectivity index (χ1n) is 8.56. The molecule has 129 valence electrons. The molecule has 1 unspecified atom stereocenters. The van der Waals surface area contributed by atoms with E-state index < -0.39 is 11.3 Å². The fourth-order valence-electron chi connectivity index (χ4n) is 3.05. The number of carbonyl (C=O) groups is 1. The van der Waals surface area contributed by atoms with E-state index in [9.17, 15) is 10.0 Å². The van der Waals surface area contributed by atoms with Gasteiger partial charge in [-0.15, -0.1) is 10.3 Å². The number of methoxy groups -OCH3 is 1. The summed E-state index contributed by atoms with van der Waals surface area (Å²) < 4.78 is 10.6. The molecule has 1 fully saturated rings. The highest BCUT2D eigenvalue weighted by atomic mass is 16.6. The van der Waals surface area contributed by atoms with Gasteiger partial charge in [-0.1, -0.05) is 26.2 Å². The minimum atomic E-state index is -0.663. The van der Waals surface area contributed by atoms with Crippen molar-refractivity contribution in [3.63, 3.8) is 0 Å². The van der Waals surface area contributed by atoms with Gasteiger partial charge in [0.1, 0.15) is 5.72 Å². The Labute approximate surface area is 134 Å². The maximum Gasteiger partial charge on any atom is 0.305 e. The SMILES string of the molecule is CCCCCC1(CCCCCC(=O)OC)OCC(C)(C)N1[O]. The zero-order valence-corrected chi connectivity index (χ0v) is 14.7. The van der Waals surface area contributed by atoms with E-state index in [1.165, 1.54) is 12.2 Å². The van der Waals surface area contributed by atoms with Crippen LogP contribution < -0.4 is 0 Å². The molecule has 0 saturated carbocycles. The minimum absolute atomic E-state index is 0.165. The first-order chi connectivity index (χ1) is 10.4. The molecule has 0 aromatic carbocycles. The predicted molar refractivity (Wildman–Crippen MR) is 84.5 cm³/mol. The van der Waals surface area contributed by atoms with Crippen LogP contribution in [0.15, 0.2) is 0 Å². The van der Waals surface area contributed by atoms with Crippen molar-refractivity contribution in [2.45, 2.75) is 89.8 Å². The van der Waals surface area contributed by atoms with E-state index in [4.69, 9.17) is 4.74 Å². The van der Waals surface area contributed by atoms with Gasteiger partial charge in [-0.05, 0) is 46.0 Å². The first kappa shape index (κ1) is 19.4. The number of nitrogens with zero attached hydrogens (tertiary/aromatic N) is 1. The molecule has 0 bridgehead atoms. The molecule has 22 heavy (non-hydrogen) atoms. The molecule has 0 amide bonds. The largest absolute Gasteiger partial charge is 0.469 e. The molecule has 1 radical (unpaired) electrons. The summed E-state index contributed by atoms with van der Waals surface area (Å²) in [4.78, 5) is 11.1. The van der Waals surface area contributed by atoms with Crippen molar-refractivity contribution in [1.29, 1.82) is 0 Å². The lowest BCUT2D eigenvalue weighted by Crippen LogP contribution is -2.49. The quantitative estimate of drug-likeness (QED) is 0.454. The minimum Gasteiger partial charge on any atom is -0.469 e. The second-order valence-corrected chi connectivity index (χ2v) is 6.94. The first-order valence-corrected chi connectivity index (χ1v) is 8.56. The topological polar surface area (TPSA) is 58.7 Å². The van der Waals surface area contributed by atoms with Crippen molar-refractivity contribution in [1.82, 2.24) is 5.06 Å². The summed E-state index contributed by atoms with van der Waals surface area (Å²) in [5, 5.41) is 13.9. The molecule has 5 nitrogen and oxygen atoms in total. The molecule has 0 aliphatic carbocycles. The van der Waals surface area contributed by atoms with E-state index in [0.29, 0.717) is 13.0 Å². The highest BCUT2D eigenvalue weighted by Crippen LogP contribution is 2.40. The normalized spacial score (nSPS) is 24.6. The Balaban J connectivity index is 2.48. The maximum atomic E-state index is 12.7. The number of esters is 1. The number of ether oxygens (including phenoxy) is 2. The Morgan fingerprint density at radius 1 is 1.14 bits per heavy atom. The van der Waals surface area contributed by atoms with Crippen LogP contribution in [0.4, 0.5) is 0 Å².